The number of guanidine groups is 1. The third-order valence-electron chi connectivity index (χ3n) is 4.44. The molecule has 1 amide bonds. The van der Waals surface area contributed by atoms with E-state index in [0.717, 1.165) is 24.6 Å². The van der Waals surface area contributed by atoms with E-state index >= 15 is 0 Å². The van der Waals surface area contributed by atoms with Crippen LogP contribution < -0.4 is 16.4 Å². The Morgan fingerprint density at radius 2 is 1.89 bits per heavy atom. The average molecular weight is 510 g/mol. The second-order valence-electron chi connectivity index (χ2n) is 6.71. The fourth-order valence-electron chi connectivity index (χ4n) is 2.77. The molecule has 0 saturated heterocycles. The molecule has 28 heavy (non-hydrogen) atoms. The number of carbonyl (C=O) groups is 1. The van der Waals surface area contributed by atoms with Crippen LogP contribution in [0.1, 0.15) is 35.7 Å². The van der Waals surface area contributed by atoms with Gasteiger partial charge in [-0.3, -0.25) is 4.79 Å². The van der Waals surface area contributed by atoms with Gasteiger partial charge >= 0.3 is 0 Å². The first-order valence-corrected chi connectivity index (χ1v) is 10.1. The number of nitrogens with zero attached hydrogens (tertiary/aromatic N) is 1. The standard InChI is InChI=1S/C21H26N4OS.HI/c1-2-23-20(24-14-16-7-6-8-17(13-16)19(22)26)25-15-21(11-12-21)27-18-9-4-3-5-10-18;/h3-10,13H,2,11-12,14-15H2,1H3,(H2,22,26)(H2,23,24,25);1H. The summed E-state index contributed by atoms with van der Waals surface area (Å²) in [6.07, 6.45) is 2.42. The van der Waals surface area contributed by atoms with Crippen molar-refractivity contribution in [2.45, 2.75) is 36.0 Å². The van der Waals surface area contributed by atoms with Crippen molar-refractivity contribution < 1.29 is 4.79 Å². The second kappa shape index (κ2) is 10.7. The van der Waals surface area contributed by atoms with Gasteiger partial charge in [-0.1, -0.05) is 30.3 Å². The second-order valence-corrected chi connectivity index (χ2v) is 8.25. The molecule has 7 heteroatoms. The highest BCUT2D eigenvalue weighted by Gasteiger charge is 2.43. The molecule has 2 aromatic rings. The Hall–Kier alpha value is -1.74. The maximum absolute atomic E-state index is 11.3. The zero-order chi connectivity index (χ0) is 19.1. The number of carbonyl (C=O) groups excluding carboxylic acids is 1. The number of amides is 1. The lowest BCUT2D eigenvalue weighted by molar-refractivity contribution is 0.1000. The van der Waals surface area contributed by atoms with Crippen molar-refractivity contribution in [1.82, 2.24) is 10.6 Å². The molecule has 0 atom stereocenters. The Kier molecular flexibility index (Phi) is 8.62. The first-order chi connectivity index (χ1) is 13.1. The highest BCUT2D eigenvalue weighted by molar-refractivity contribution is 14.0. The number of nitrogens with two attached hydrogens (primary N) is 1. The highest BCUT2D eigenvalue weighted by Crippen LogP contribution is 2.51. The molecule has 0 aliphatic heterocycles. The predicted octanol–water partition coefficient (Wildman–Crippen LogP) is 3.78. The van der Waals surface area contributed by atoms with E-state index in [-0.39, 0.29) is 28.7 Å². The van der Waals surface area contributed by atoms with Gasteiger partial charge in [-0.15, -0.1) is 35.7 Å². The first-order valence-electron chi connectivity index (χ1n) is 9.25. The number of benzene rings is 2. The first kappa shape index (κ1) is 22.5. The minimum atomic E-state index is -0.417. The van der Waals surface area contributed by atoms with Gasteiger partial charge in [0, 0.05) is 28.3 Å². The quantitative estimate of drug-likeness (QED) is 0.287. The van der Waals surface area contributed by atoms with Gasteiger partial charge < -0.3 is 16.4 Å². The van der Waals surface area contributed by atoms with Crippen LogP contribution in [0.25, 0.3) is 0 Å². The summed E-state index contributed by atoms with van der Waals surface area (Å²) in [5, 5.41) is 6.77. The number of hydrogen-bond acceptors (Lipinski definition) is 3. The molecule has 2 aromatic carbocycles. The lowest BCUT2D eigenvalue weighted by atomic mass is 10.1. The highest BCUT2D eigenvalue weighted by atomic mass is 127. The SMILES string of the molecule is CCNC(=NCc1cccc(C(N)=O)c1)NCC1(Sc2ccccc2)CC1.I. The number of aliphatic imine (C=N–C) groups is 1. The van der Waals surface area contributed by atoms with Crippen molar-refractivity contribution in [3.05, 3.63) is 65.7 Å². The minimum Gasteiger partial charge on any atom is -0.366 e. The van der Waals surface area contributed by atoms with Gasteiger partial charge in [0.25, 0.3) is 0 Å². The number of halogens is 1. The topological polar surface area (TPSA) is 79.5 Å². The zero-order valence-corrected chi connectivity index (χ0v) is 19.1. The van der Waals surface area contributed by atoms with Crippen molar-refractivity contribution in [3.63, 3.8) is 0 Å². The van der Waals surface area contributed by atoms with E-state index < -0.39 is 5.91 Å². The van der Waals surface area contributed by atoms with Crippen LogP contribution >= 0.6 is 35.7 Å². The van der Waals surface area contributed by atoms with Gasteiger partial charge in [0.15, 0.2) is 5.96 Å². The minimum absolute atomic E-state index is 0. The molecule has 150 valence electrons. The van der Waals surface area contributed by atoms with Crippen molar-refractivity contribution in [3.8, 4) is 0 Å². The fourth-order valence-corrected chi connectivity index (χ4v) is 4.02. The fraction of sp³-hybridized carbons (Fsp3) is 0.333. The van der Waals surface area contributed by atoms with Gasteiger partial charge in [0.05, 0.1) is 6.54 Å². The maximum Gasteiger partial charge on any atom is 0.248 e. The zero-order valence-electron chi connectivity index (χ0n) is 16.0. The number of rotatable bonds is 8. The summed E-state index contributed by atoms with van der Waals surface area (Å²) in [7, 11) is 0. The van der Waals surface area contributed by atoms with Crippen LogP contribution in [-0.4, -0.2) is 29.7 Å². The molecule has 5 nitrogen and oxygen atoms in total. The summed E-state index contributed by atoms with van der Waals surface area (Å²) in [4.78, 5) is 17.3. The van der Waals surface area contributed by atoms with Crippen molar-refractivity contribution in [2.75, 3.05) is 13.1 Å². The van der Waals surface area contributed by atoms with Crippen LogP contribution in [0.5, 0.6) is 0 Å². The van der Waals surface area contributed by atoms with E-state index in [2.05, 4.69) is 46.8 Å². The van der Waals surface area contributed by atoms with Crippen molar-refractivity contribution in [1.29, 1.82) is 0 Å². The Morgan fingerprint density at radius 3 is 2.54 bits per heavy atom. The van der Waals surface area contributed by atoms with Gasteiger partial charge in [0.2, 0.25) is 5.91 Å². The number of hydrogen-bond donors (Lipinski definition) is 3. The van der Waals surface area contributed by atoms with Crippen LogP contribution in [0.15, 0.2) is 64.5 Å². The van der Waals surface area contributed by atoms with Crippen molar-refractivity contribution >= 4 is 47.6 Å². The maximum atomic E-state index is 11.3. The summed E-state index contributed by atoms with van der Waals surface area (Å²) >= 11 is 1.94. The Bertz CT molecular complexity index is 809. The third kappa shape index (κ3) is 6.70. The van der Waals surface area contributed by atoms with Gasteiger partial charge in [-0.25, -0.2) is 4.99 Å². The lowest BCUT2D eigenvalue weighted by Crippen LogP contribution is -2.41. The van der Waals surface area contributed by atoms with E-state index in [0.29, 0.717) is 12.1 Å². The summed E-state index contributed by atoms with van der Waals surface area (Å²) in [5.74, 6) is 0.376. The number of thioether (sulfide) groups is 1. The molecule has 3 rings (SSSR count). The van der Waals surface area contributed by atoms with E-state index in [1.807, 2.05) is 30.0 Å². The monoisotopic (exact) mass is 510 g/mol. The molecule has 0 unspecified atom stereocenters. The smallest absolute Gasteiger partial charge is 0.248 e. The van der Waals surface area contributed by atoms with Gasteiger partial charge in [0.1, 0.15) is 0 Å². The molecule has 0 aromatic heterocycles. The Morgan fingerprint density at radius 1 is 1.14 bits per heavy atom. The van der Waals surface area contributed by atoms with Crippen LogP contribution in [0.3, 0.4) is 0 Å². The van der Waals surface area contributed by atoms with Crippen LogP contribution in [0.2, 0.25) is 0 Å². The van der Waals surface area contributed by atoms with E-state index in [1.54, 1.807) is 12.1 Å². The summed E-state index contributed by atoms with van der Waals surface area (Å²) in [6, 6.07) is 17.8. The molecule has 1 aliphatic rings. The molecule has 1 aliphatic carbocycles. The summed E-state index contributed by atoms with van der Waals surface area (Å²) < 4.78 is 0.253. The third-order valence-corrected chi connectivity index (χ3v) is 5.93. The molecule has 0 heterocycles. The molecule has 1 fully saturated rings. The predicted molar refractivity (Wildman–Crippen MR) is 127 cm³/mol. The summed E-state index contributed by atoms with van der Waals surface area (Å²) in [5.41, 5.74) is 6.82. The Labute approximate surface area is 188 Å². The van der Waals surface area contributed by atoms with E-state index in [4.69, 9.17) is 5.73 Å². The lowest BCUT2D eigenvalue weighted by Gasteiger charge is -2.18. The van der Waals surface area contributed by atoms with Crippen LogP contribution in [0.4, 0.5) is 0 Å². The van der Waals surface area contributed by atoms with Gasteiger partial charge in [-0.2, -0.15) is 0 Å². The Balaban J connectivity index is 0.00000280. The molecular weight excluding hydrogens is 483 g/mol. The largest absolute Gasteiger partial charge is 0.366 e. The van der Waals surface area contributed by atoms with E-state index in [9.17, 15) is 4.79 Å². The average Bonchev–Trinajstić information content (AvgIpc) is 3.44. The van der Waals surface area contributed by atoms with E-state index in [1.165, 1.54) is 17.7 Å². The van der Waals surface area contributed by atoms with Crippen molar-refractivity contribution in [2.24, 2.45) is 10.7 Å². The molecule has 1 saturated carbocycles. The summed E-state index contributed by atoms with van der Waals surface area (Å²) in [6.45, 7) is 4.22. The number of primary amides is 1. The molecule has 0 bridgehead atoms. The van der Waals surface area contributed by atoms with Crippen LogP contribution in [-0.2, 0) is 6.54 Å². The molecule has 0 radical (unpaired) electrons. The molecule has 4 N–H and O–H groups in total. The normalized spacial score (nSPS) is 14.7. The van der Waals surface area contributed by atoms with Gasteiger partial charge in [-0.05, 0) is 49.6 Å². The molecule has 0 spiro atoms. The van der Waals surface area contributed by atoms with Crippen LogP contribution in [0, 0.1) is 0 Å². The number of nitrogens with one attached hydrogen (secondary N) is 2. The molecular formula is C21H27IN4OS.